The SMILES string of the molecule is COc1cc(C(=O)OC(C)C)nc(-c2ccc(C(C)OC)cc2)c1. The molecule has 0 aliphatic rings. The van der Waals surface area contributed by atoms with Gasteiger partial charge >= 0.3 is 5.97 Å². The van der Waals surface area contributed by atoms with Gasteiger partial charge in [-0.05, 0) is 26.3 Å². The van der Waals surface area contributed by atoms with E-state index >= 15 is 0 Å². The van der Waals surface area contributed by atoms with Gasteiger partial charge in [-0.2, -0.15) is 0 Å². The van der Waals surface area contributed by atoms with Crippen LogP contribution in [0.2, 0.25) is 0 Å². The maximum Gasteiger partial charge on any atom is 0.357 e. The van der Waals surface area contributed by atoms with Crippen LogP contribution < -0.4 is 4.74 Å². The summed E-state index contributed by atoms with van der Waals surface area (Å²) in [6.45, 7) is 5.59. The third-order valence-corrected chi connectivity index (χ3v) is 3.62. The number of esters is 1. The van der Waals surface area contributed by atoms with Gasteiger partial charge in [0.2, 0.25) is 0 Å². The standard InChI is InChI=1S/C19H23NO4/c1-12(2)24-19(21)18-11-16(23-5)10-17(20-18)15-8-6-14(7-9-15)13(3)22-4/h6-13H,1-5H3. The summed E-state index contributed by atoms with van der Waals surface area (Å²) in [5.41, 5.74) is 2.84. The summed E-state index contributed by atoms with van der Waals surface area (Å²) in [6, 6.07) is 11.2. The van der Waals surface area contributed by atoms with Gasteiger partial charge in [-0.25, -0.2) is 9.78 Å². The topological polar surface area (TPSA) is 57.7 Å². The summed E-state index contributed by atoms with van der Waals surface area (Å²) in [6.07, 6.45) is -0.183. The van der Waals surface area contributed by atoms with Crippen LogP contribution in [0.25, 0.3) is 11.3 Å². The average molecular weight is 329 g/mol. The van der Waals surface area contributed by atoms with Gasteiger partial charge in [0.25, 0.3) is 0 Å². The lowest BCUT2D eigenvalue weighted by Gasteiger charge is -2.12. The van der Waals surface area contributed by atoms with Crippen molar-refractivity contribution < 1.29 is 19.0 Å². The number of aromatic nitrogens is 1. The van der Waals surface area contributed by atoms with E-state index in [1.165, 1.54) is 0 Å². The first-order chi connectivity index (χ1) is 11.4. The lowest BCUT2D eigenvalue weighted by atomic mass is 10.1. The second kappa shape index (κ2) is 7.93. The fraction of sp³-hybridized carbons (Fsp3) is 0.368. The summed E-state index contributed by atoms with van der Waals surface area (Å²) in [4.78, 5) is 16.5. The van der Waals surface area contributed by atoms with Crippen LogP contribution in [0.3, 0.4) is 0 Å². The van der Waals surface area contributed by atoms with Crippen molar-refractivity contribution in [2.75, 3.05) is 14.2 Å². The Kier molecular flexibility index (Phi) is 5.93. The summed E-state index contributed by atoms with van der Waals surface area (Å²) >= 11 is 0. The largest absolute Gasteiger partial charge is 0.497 e. The van der Waals surface area contributed by atoms with Crippen molar-refractivity contribution in [2.45, 2.75) is 33.0 Å². The van der Waals surface area contributed by atoms with E-state index < -0.39 is 5.97 Å². The van der Waals surface area contributed by atoms with Crippen molar-refractivity contribution in [3.63, 3.8) is 0 Å². The Hall–Kier alpha value is -2.40. The number of pyridine rings is 1. The van der Waals surface area contributed by atoms with Crippen LogP contribution in [0.1, 0.15) is 42.9 Å². The molecule has 0 radical (unpaired) electrons. The van der Waals surface area contributed by atoms with Crippen molar-refractivity contribution >= 4 is 5.97 Å². The van der Waals surface area contributed by atoms with Gasteiger partial charge < -0.3 is 14.2 Å². The molecule has 2 rings (SSSR count). The highest BCUT2D eigenvalue weighted by atomic mass is 16.5. The van der Waals surface area contributed by atoms with Crippen LogP contribution in [0, 0.1) is 0 Å². The Morgan fingerprint density at radius 1 is 1.04 bits per heavy atom. The first-order valence-corrected chi connectivity index (χ1v) is 7.84. The minimum absolute atomic E-state index is 0.0221. The molecule has 0 amide bonds. The highest BCUT2D eigenvalue weighted by Gasteiger charge is 2.15. The van der Waals surface area contributed by atoms with E-state index in [0.717, 1.165) is 11.1 Å². The lowest BCUT2D eigenvalue weighted by Crippen LogP contribution is -2.13. The molecule has 2 aromatic rings. The number of carbonyl (C=O) groups excluding carboxylic acids is 1. The van der Waals surface area contributed by atoms with Crippen LogP contribution in [-0.2, 0) is 9.47 Å². The average Bonchev–Trinajstić information content (AvgIpc) is 2.60. The molecule has 0 spiro atoms. The second-order valence-corrected chi connectivity index (χ2v) is 5.73. The minimum atomic E-state index is -0.463. The maximum atomic E-state index is 12.1. The van der Waals surface area contributed by atoms with E-state index in [1.54, 1.807) is 40.2 Å². The predicted octanol–water partition coefficient (Wildman–Crippen LogP) is 4.03. The first-order valence-electron chi connectivity index (χ1n) is 7.84. The third kappa shape index (κ3) is 4.32. The molecule has 0 aliphatic heterocycles. The van der Waals surface area contributed by atoms with Gasteiger partial charge in [-0.3, -0.25) is 0 Å². The molecule has 1 aromatic heterocycles. The number of carbonyl (C=O) groups is 1. The Labute approximate surface area is 142 Å². The summed E-state index contributed by atoms with van der Waals surface area (Å²) in [5.74, 6) is 0.0971. The molecule has 0 N–H and O–H groups in total. The molecule has 1 aromatic carbocycles. The maximum absolute atomic E-state index is 12.1. The molecule has 0 fully saturated rings. The Balaban J connectivity index is 2.37. The number of hydrogen-bond acceptors (Lipinski definition) is 5. The van der Waals surface area contributed by atoms with Crippen molar-refractivity contribution in [2.24, 2.45) is 0 Å². The van der Waals surface area contributed by atoms with Crippen molar-refractivity contribution in [1.82, 2.24) is 4.98 Å². The van der Waals surface area contributed by atoms with Gasteiger partial charge in [0, 0.05) is 24.8 Å². The third-order valence-electron chi connectivity index (χ3n) is 3.62. The number of rotatable bonds is 6. The Morgan fingerprint density at radius 3 is 2.25 bits per heavy atom. The van der Waals surface area contributed by atoms with E-state index in [0.29, 0.717) is 11.4 Å². The minimum Gasteiger partial charge on any atom is -0.497 e. The second-order valence-electron chi connectivity index (χ2n) is 5.73. The van der Waals surface area contributed by atoms with Crippen LogP contribution in [0.5, 0.6) is 5.75 Å². The molecule has 1 unspecified atom stereocenters. The van der Waals surface area contributed by atoms with Gasteiger partial charge in [-0.1, -0.05) is 24.3 Å². The molecule has 128 valence electrons. The molecular weight excluding hydrogens is 306 g/mol. The van der Waals surface area contributed by atoms with Crippen molar-refractivity contribution in [1.29, 1.82) is 0 Å². The molecule has 0 aliphatic carbocycles. The van der Waals surface area contributed by atoms with Gasteiger partial charge in [0.05, 0.1) is 25.0 Å². The Bertz CT molecular complexity index is 695. The number of hydrogen-bond donors (Lipinski definition) is 0. The number of methoxy groups -OCH3 is 2. The molecule has 1 atom stereocenters. The lowest BCUT2D eigenvalue weighted by molar-refractivity contribution is 0.0370. The Morgan fingerprint density at radius 2 is 1.71 bits per heavy atom. The first kappa shape index (κ1) is 17.9. The quantitative estimate of drug-likeness (QED) is 0.749. The van der Waals surface area contributed by atoms with Crippen LogP contribution in [0.15, 0.2) is 36.4 Å². The van der Waals surface area contributed by atoms with E-state index in [2.05, 4.69) is 4.98 Å². The molecule has 5 heteroatoms. The van der Waals surface area contributed by atoms with Gasteiger partial charge in [0.15, 0.2) is 5.69 Å². The normalized spacial score (nSPS) is 12.1. The number of ether oxygens (including phenoxy) is 3. The molecule has 0 saturated carbocycles. The van der Waals surface area contributed by atoms with Gasteiger partial charge in [-0.15, -0.1) is 0 Å². The smallest absolute Gasteiger partial charge is 0.357 e. The van der Waals surface area contributed by atoms with E-state index in [4.69, 9.17) is 14.2 Å². The summed E-state index contributed by atoms with van der Waals surface area (Å²) in [7, 11) is 3.23. The van der Waals surface area contributed by atoms with Crippen molar-refractivity contribution in [3.8, 4) is 17.0 Å². The highest BCUT2D eigenvalue weighted by Crippen LogP contribution is 2.25. The van der Waals surface area contributed by atoms with Crippen molar-refractivity contribution in [3.05, 3.63) is 47.7 Å². The van der Waals surface area contributed by atoms with Crippen LogP contribution in [0.4, 0.5) is 0 Å². The highest BCUT2D eigenvalue weighted by molar-refractivity contribution is 5.88. The zero-order valence-electron chi connectivity index (χ0n) is 14.7. The van der Waals surface area contributed by atoms with Crippen LogP contribution >= 0.6 is 0 Å². The molecule has 5 nitrogen and oxygen atoms in total. The molecule has 24 heavy (non-hydrogen) atoms. The fourth-order valence-electron chi connectivity index (χ4n) is 2.21. The molecule has 0 bridgehead atoms. The number of nitrogens with zero attached hydrogens (tertiary/aromatic N) is 1. The van der Waals surface area contributed by atoms with E-state index in [1.807, 2.05) is 31.2 Å². The van der Waals surface area contributed by atoms with E-state index in [-0.39, 0.29) is 17.9 Å². The molecule has 1 heterocycles. The summed E-state index contributed by atoms with van der Waals surface area (Å²) < 4.78 is 15.8. The zero-order chi connectivity index (χ0) is 17.7. The zero-order valence-corrected chi connectivity index (χ0v) is 14.7. The van der Waals surface area contributed by atoms with E-state index in [9.17, 15) is 4.79 Å². The summed E-state index contributed by atoms with van der Waals surface area (Å²) in [5, 5.41) is 0. The molecule has 0 saturated heterocycles. The fourth-order valence-corrected chi connectivity index (χ4v) is 2.21. The monoisotopic (exact) mass is 329 g/mol. The van der Waals surface area contributed by atoms with Crippen LogP contribution in [-0.4, -0.2) is 31.3 Å². The number of benzene rings is 1. The predicted molar refractivity (Wildman–Crippen MR) is 92.2 cm³/mol. The van der Waals surface area contributed by atoms with Gasteiger partial charge in [0.1, 0.15) is 5.75 Å². The molecular formula is C19H23NO4.